The second-order valence-electron chi connectivity index (χ2n) is 6.28. The molecule has 2 heterocycles. The summed E-state index contributed by atoms with van der Waals surface area (Å²) in [5.74, 6) is 0.259. The number of aromatic nitrogens is 4. The number of rotatable bonds is 2. The van der Waals surface area contributed by atoms with E-state index in [1.807, 2.05) is 67.5 Å². The Balaban J connectivity index is 2.14. The number of benzene rings is 2. The first-order chi connectivity index (χ1) is 12.5. The summed E-state index contributed by atoms with van der Waals surface area (Å²) in [6.07, 6.45) is 0. The highest BCUT2D eigenvalue weighted by molar-refractivity contribution is 5.81. The third-order valence-electron chi connectivity index (χ3n) is 4.40. The van der Waals surface area contributed by atoms with Gasteiger partial charge in [-0.1, -0.05) is 12.1 Å². The van der Waals surface area contributed by atoms with Crippen molar-refractivity contribution in [3.05, 3.63) is 69.4 Å². The summed E-state index contributed by atoms with van der Waals surface area (Å²) in [6.45, 7) is 0. The van der Waals surface area contributed by atoms with Gasteiger partial charge in [0.2, 0.25) is 0 Å². The summed E-state index contributed by atoms with van der Waals surface area (Å²) in [5.41, 5.74) is 2.40. The van der Waals surface area contributed by atoms with Gasteiger partial charge >= 0.3 is 5.69 Å². The standard InChI is InChI=1S/C19H17N5O2/c1-22(2)12-8-10-13(11-9-12)24-15-7-5-4-6-14(15)20-16-17(24)21-19(26)23(3)18(16)25/h4-11H,1-3H3. The molecule has 2 aromatic carbocycles. The number of hydrogen-bond donors (Lipinski definition) is 0. The Morgan fingerprint density at radius 3 is 2.31 bits per heavy atom. The quantitative estimate of drug-likeness (QED) is 0.516. The van der Waals surface area contributed by atoms with Gasteiger partial charge in [-0.25, -0.2) is 9.78 Å². The minimum atomic E-state index is -0.599. The van der Waals surface area contributed by atoms with Crippen molar-refractivity contribution in [3.63, 3.8) is 0 Å². The molecule has 0 atom stereocenters. The average molecular weight is 347 g/mol. The van der Waals surface area contributed by atoms with E-state index < -0.39 is 11.2 Å². The van der Waals surface area contributed by atoms with Crippen molar-refractivity contribution < 1.29 is 0 Å². The number of hydrogen-bond acceptors (Lipinski definition) is 5. The molecule has 0 N–H and O–H groups in total. The van der Waals surface area contributed by atoms with Gasteiger partial charge in [0.25, 0.3) is 5.56 Å². The van der Waals surface area contributed by atoms with Gasteiger partial charge in [-0.2, -0.15) is 4.98 Å². The molecule has 7 nitrogen and oxygen atoms in total. The van der Waals surface area contributed by atoms with Gasteiger partial charge in [0.05, 0.1) is 11.0 Å². The van der Waals surface area contributed by atoms with Gasteiger partial charge in [0.1, 0.15) is 0 Å². The third-order valence-corrected chi connectivity index (χ3v) is 4.40. The van der Waals surface area contributed by atoms with Crippen molar-refractivity contribution >= 4 is 16.7 Å². The highest BCUT2D eigenvalue weighted by Crippen LogP contribution is 2.26. The molecule has 2 aliphatic rings. The van der Waals surface area contributed by atoms with E-state index >= 15 is 0 Å². The van der Waals surface area contributed by atoms with Gasteiger partial charge in [-0.3, -0.25) is 13.9 Å². The Labute approximate surface area is 149 Å². The Morgan fingerprint density at radius 2 is 1.62 bits per heavy atom. The van der Waals surface area contributed by atoms with E-state index in [1.165, 1.54) is 7.05 Å². The van der Waals surface area contributed by atoms with Crippen LogP contribution >= 0.6 is 0 Å². The molecule has 2 aromatic rings. The number of fused-ring (bicyclic) bond motifs is 2. The van der Waals surface area contributed by atoms with Crippen molar-refractivity contribution in [1.29, 1.82) is 0 Å². The second-order valence-corrected chi connectivity index (χ2v) is 6.28. The first kappa shape index (κ1) is 16.0. The largest absolute Gasteiger partial charge is 0.378 e. The number of para-hydroxylation sites is 2. The van der Waals surface area contributed by atoms with Crippen molar-refractivity contribution in [3.8, 4) is 17.2 Å². The predicted molar refractivity (Wildman–Crippen MR) is 101 cm³/mol. The minimum Gasteiger partial charge on any atom is -0.378 e. The third kappa shape index (κ3) is 2.36. The zero-order valence-electron chi connectivity index (χ0n) is 14.7. The van der Waals surface area contributed by atoms with Crippen LogP contribution < -0.4 is 16.1 Å². The summed E-state index contributed by atoms with van der Waals surface area (Å²) in [4.78, 5) is 35.2. The molecule has 0 fully saturated rings. The molecule has 0 bridgehead atoms. The topological polar surface area (TPSA) is 73.0 Å². The molecule has 0 radical (unpaired) electrons. The fourth-order valence-electron chi connectivity index (χ4n) is 2.96. The molecule has 130 valence electrons. The van der Waals surface area contributed by atoms with Crippen molar-refractivity contribution in [2.24, 2.45) is 7.05 Å². The minimum absolute atomic E-state index is 0.169. The molecule has 7 heteroatoms. The lowest BCUT2D eigenvalue weighted by Gasteiger charge is -2.18. The van der Waals surface area contributed by atoms with Crippen molar-refractivity contribution in [1.82, 2.24) is 19.1 Å². The maximum absolute atomic E-state index is 12.6. The van der Waals surface area contributed by atoms with Crippen LogP contribution in [0.15, 0.2) is 58.1 Å². The molecule has 0 saturated heterocycles. The lowest BCUT2D eigenvalue weighted by atomic mass is 10.2. The van der Waals surface area contributed by atoms with E-state index in [9.17, 15) is 9.59 Å². The Hall–Kier alpha value is -3.48. The van der Waals surface area contributed by atoms with Crippen LogP contribution in [0.1, 0.15) is 0 Å². The van der Waals surface area contributed by atoms with Crippen LogP contribution in [0.3, 0.4) is 0 Å². The van der Waals surface area contributed by atoms with E-state index in [0.717, 1.165) is 21.5 Å². The lowest BCUT2D eigenvalue weighted by Crippen LogP contribution is -2.36. The zero-order chi connectivity index (χ0) is 18.4. The Kier molecular flexibility index (Phi) is 3.57. The highest BCUT2D eigenvalue weighted by atomic mass is 16.2. The van der Waals surface area contributed by atoms with Crippen LogP contribution in [0.5, 0.6) is 0 Å². The van der Waals surface area contributed by atoms with Crippen molar-refractivity contribution in [2.75, 3.05) is 19.0 Å². The molecule has 26 heavy (non-hydrogen) atoms. The molecule has 2 aliphatic heterocycles. The summed E-state index contributed by atoms with van der Waals surface area (Å²) in [7, 11) is 5.34. The van der Waals surface area contributed by atoms with Crippen molar-refractivity contribution in [2.45, 2.75) is 0 Å². The van der Waals surface area contributed by atoms with E-state index in [1.54, 1.807) is 4.57 Å². The van der Waals surface area contributed by atoms with Crippen LogP contribution in [0, 0.1) is 0 Å². The Bertz CT molecular complexity index is 1210. The molecule has 0 unspecified atom stereocenters. The maximum Gasteiger partial charge on any atom is 0.352 e. The Morgan fingerprint density at radius 1 is 0.923 bits per heavy atom. The maximum atomic E-state index is 12.6. The number of nitrogens with zero attached hydrogens (tertiary/aromatic N) is 5. The molecule has 0 aromatic heterocycles. The molecular formula is C19H17N5O2. The molecule has 0 saturated carbocycles. The van der Waals surface area contributed by atoms with Gasteiger partial charge < -0.3 is 4.90 Å². The first-order valence-corrected chi connectivity index (χ1v) is 8.13. The van der Waals surface area contributed by atoms with Crippen LogP contribution in [-0.2, 0) is 7.05 Å². The smallest absolute Gasteiger partial charge is 0.352 e. The van der Waals surface area contributed by atoms with Crippen LogP contribution in [0.25, 0.3) is 28.2 Å². The predicted octanol–water partition coefficient (Wildman–Crippen LogP) is 1.65. The lowest BCUT2D eigenvalue weighted by molar-refractivity contribution is 0.759. The monoisotopic (exact) mass is 347 g/mol. The van der Waals surface area contributed by atoms with Crippen LogP contribution in [0.2, 0.25) is 0 Å². The van der Waals surface area contributed by atoms with E-state index in [0.29, 0.717) is 5.52 Å². The molecule has 4 rings (SSSR count). The summed E-state index contributed by atoms with van der Waals surface area (Å²) >= 11 is 0. The van der Waals surface area contributed by atoms with E-state index in [4.69, 9.17) is 0 Å². The van der Waals surface area contributed by atoms with Gasteiger partial charge in [0, 0.05) is 32.5 Å². The zero-order valence-corrected chi connectivity index (χ0v) is 14.7. The normalized spacial score (nSPS) is 11.2. The van der Waals surface area contributed by atoms with Gasteiger partial charge in [0.15, 0.2) is 11.5 Å². The molecular weight excluding hydrogens is 330 g/mol. The molecule has 0 spiro atoms. The molecule has 0 aliphatic carbocycles. The van der Waals surface area contributed by atoms with Gasteiger partial charge in [-0.15, -0.1) is 0 Å². The fourth-order valence-corrected chi connectivity index (χ4v) is 2.96. The average Bonchev–Trinajstić information content (AvgIpc) is 2.65. The first-order valence-electron chi connectivity index (χ1n) is 8.13. The van der Waals surface area contributed by atoms with Gasteiger partial charge in [-0.05, 0) is 36.4 Å². The van der Waals surface area contributed by atoms with Crippen LogP contribution in [-0.4, -0.2) is 33.2 Å². The second kappa shape index (κ2) is 5.80. The van der Waals surface area contributed by atoms with E-state index in [-0.39, 0.29) is 11.5 Å². The SMILES string of the molecule is CN(C)c1ccc(-n2c3nc(=O)n(C)c(=O)c-3nc3ccccc32)cc1. The summed E-state index contributed by atoms with van der Waals surface area (Å²) in [6, 6.07) is 15.3. The van der Waals surface area contributed by atoms with Crippen LogP contribution in [0.4, 0.5) is 5.69 Å². The summed E-state index contributed by atoms with van der Waals surface area (Å²) in [5, 5.41) is 0. The fraction of sp³-hybridized carbons (Fsp3) is 0.158. The molecule has 0 amide bonds. The number of anilines is 1. The highest BCUT2D eigenvalue weighted by Gasteiger charge is 2.21. The van der Waals surface area contributed by atoms with E-state index in [2.05, 4.69) is 9.97 Å². The summed E-state index contributed by atoms with van der Waals surface area (Å²) < 4.78 is 2.78.